The number of piperidine rings is 1. The molecule has 5 nitrogen and oxygen atoms in total. The van der Waals surface area contributed by atoms with Crippen LogP contribution in [0.3, 0.4) is 0 Å². The maximum absolute atomic E-state index is 14.0. The Bertz CT molecular complexity index is 690. The van der Waals surface area contributed by atoms with E-state index in [1.807, 2.05) is 4.90 Å². The van der Waals surface area contributed by atoms with Crippen LogP contribution in [-0.4, -0.2) is 53.5 Å². The first kappa shape index (κ1) is 19.8. The van der Waals surface area contributed by atoms with Gasteiger partial charge in [0.15, 0.2) is 0 Å². The Morgan fingerprint density at radius 1 is 1.30 bits per heavy atom. The fourth-order valence-electron chi connectivity index (χ4n) is 4.07. The van der Waals surface area contributed by atoms with Crippen molar-refractivity contribution in [2.24, 2.45) is 5.92 Å². The molecule has 2 fully saturated rings. The molecule has 148 valence electrons. The normalized spacial score (nSPS) is 22.8. The Morgan fingerprint density at radius 3 is 2.74 bits per heavy atom. The molecule has 1 atom stereocenters. The van der Waals surface area contributed by atoms with Gasteiger partial charge in [-0.15, -0.1) is 0 Å². The van der Waals surface area contributed by atoms with Crippen molar-refractivity contribution >= 4 is 11.8 Å². The number of amides is 2. The van der Waals surface area contributed by atoms with Crippen LogP contribution in [-0.2, 0) is 20.9 Å². The molecule has 0 spiro atoms. The molecule has 0 unspecified atom stereocenters. The standard InChI is InChI=1S/C21H29FN2O3/c1-3-21(4-2)15-23(11-12-27-21)20(26)17-9-10-19(25)24(14-17)13-16-7-5-6-8-18(16)22/h5-8,17H,3-4,9-15H2,1-2H3/t17-/m1/s1. The number of rotatable bonds is 5. The topological polar surface area (TPSA) is 49.9 Å². The number of carbonyl (C=O) groups excluding carboxylic acids is 2. The number of benzene rings is 1. The monoisotopic (exact) mass is 376 g/mol. The first-order valence-electron chi connectivity index (χ1n) is 9.92. The van der Waals surface area contributed by atoms with Gasteiger partial charge in [-0.1, -0.05) is 32.0 Å². The maximum Gasteiger partial charge on any atom is 0.227 e. The number of carbonyl (C=O) groups is 2. The molecule has 1 aromatic rings. The molecule has 2 saturated heterocycles. The molecule has 2 amide bonds. The van der Waals surface area contributed by atoms with Crippen molar-refractivity contribution in [3.8, 4) is 0 Å². The van der Waals surface area contributed by atoms with Crippen molar-refractivity contribution in [2.45, 2.75) is 51.7 Å². The zero-order valence-corrected chi connectivity index (χ0v) is 16.2. The van der Waals surface area contributed by atoms with Crippen LogP contribution in [0.5, 0.6) is 0 Å². The molecule has 27 heavy (non-hydrogen) atoms. The van der Waals surface area contributed by atoms with Gasteiger partial charge in [0, 0.05) is 38.2 Å². The zero-order valence-electron chi connectivity index (χ0n) is 16.2. The van der Waals surface area contributed by atoms with Gasteiger partial charge in [-0.25, -0.2) is 4.39 Å². The number of halogens is 1. The van der Waals surface area contributed by atoms with E-state index in [2.05, 4.69) is 13.8 Å². The van der Waals surface area contributed by atoms with E-state index in [9.17, 15) is 14.0 Å². The molecular formula is C21H29FN2O3. The number of ether oxygens (including phenoxy) is 1. The van der Waals surface area contributed by atoms with Gasteiger partial charge < -0.3 is 14.5 Å². The molecule has 2 heterocycles. The smallest absolute Gasteiger partial charge is 0.227 e. The number of likely N-dealkylation sites (tertiary alicyclic amines) is 1. The second-order valence-electron chi connectivity index (χ2n) is 7.60. The predicted molar refractivity (Wildman–Crippen MR) is 100 cm³/mol. The van der Waals surface area contributed by atoms with Gasteiger partial charge in [-0.2, -0.15) is 0 Å². The van der Waals surface area contributed by atoms with Gasteiger partial charge in [0.05, 0.1) is 18.1 Å². The summed E-state index contributed by atoms with van der Waals surface area (Å²) in [5.41, 5.74) is 0.229. The third-order valence-electron chi connectivity index (χ3n) is 6.02. The summed E-state index contributed by atoms with van der Waals surface area (Å²) in [6, 6.07) is 6.48. The second kappa shape index (κ2) is 8.38. The van der Waals surface area contributed by atoms with Crippen LogP contribution in [0.1, 0.15) is 45.1 Å². The van der Waals surface area contributed by atoms with Crippen molar-refractivity contribution < 1.29 is 18.7 Å². The summed E-state index contributed by atoms with van der Waals surface area (Å²) in [4.78, 5) is 28.9. The van der Waals surface area contributed by atoms with E-state index in [-0.39, 0.29) is 35.7 Å². The van der Waals surface area contributed by atoms with Crippen molar-refractivity contribution in [1.29, 1.82) is 0 Å². The van der Waals surface area contributed by atoms with E-state index >= 15 is 0 Å². The Kier molecular flexibility index (Phi) is 6.15. The molecule has 0 N–H and O–H groups in total. The Morgan fingerprint density at radius 2 is 2.04 bits per heavy atom. The second-order valence-corrected chi connectivity index (χ2v) is 7.60. The lowest BCUT2D eigenvalue weighted by Crippen LogP contribution is -2.56. The molecular weight excluding hydrogens is 347 g/mol. The summed E-state index contributed by atoms with van der Waals surface area (Å²) >= 11 is 0. The summed E-state index contributed by atoms with van der Waals surface area (Å²) in [6.45, 7) is 6.51. The molecule has 1 aromatic carbocycles. The van der Waals surface area contributed by atoms with Crippen LogP contribution in [0.4, 0.5) is 4.39 Å². The highest BCUT2D eigenvalue weighted by atomic mass is 19.1. The predicted octanol–water partition coefficient (Wildman–Crippen LogP) is 2.98. The van der Waals surface area contributed by atoms with Gasteiger partial charge in [0.2, 0.25) is 11.8 Å². The first-order valence-corrected chi connectivity index (χ1v) is 9.92. The summed E-state index contributed by atoms with van der Waals surface area (Å²) < 4.78 is 19.9. The van der Waals surface area contributed by atoms with E-state index in [0.29, 0.717) is 44.6 Å². The quantitative estimate of drug-likeness (QED) is 0.794. The van der Waals surface area contributed by atoms with Crippen LogP contribution in [0, 0.1) is 11.7 Å². The van der Waals surface area contributed by atoms with E-state index in [0.717, 1.165) is 12.8 Å². The highest BCUT2D eigenvalue weighted by Gasteiger charge is 2.39. The summed E-state index contributed by atoms with van der Waals surface area (Å²) in [5, 5.41) is 0. The fraction of sp³-hybridized carbons (Fsp3) is 0.619. The van der Waals surface area contributed by atoms with Crippen molar-refractivity contribution in [3.63, 3.8) is 0 Å². The molecule has 2 aliphatic rings. The van der Waals surface area contributed by atoms with Crippen molar-refractivity contribution in [2.75, 3.05) is 26.2 Å². The lowest BCUT2D eigenvalue weighted by atomic mass is 9.92. The average molecular weight is 376 g/mol. The number of hydrogen-bond acceptors (Lipinski definition) is 3. The minimum Gasteiger partial charge on any atom is -0.371 e. The van der Waals surface area contributed by atoms with Crippen LogP contribution in [0.25, 0.3) is 0 Å². The average Bonchev–Trinajstić information content (AvgIpc) is 2.70. The highest BCUT2D eigenvalue weighted by molar-refractivity contribution is 5.84. The molecule has 0 saturated carbocycles. The van der Waals surface area contributed by atoms with E-state index in [4.69, 9.17) is 4.74 Å². The van der Waals surface area contributed by atoms with Gasteiger partial charge >= 0.3 is 0 Å². The minimum absolute atomic E-state index is 0.0132. The zero-order chi connectivity index (χ0) is 19.4. The molecule has 0 radical (unpaired) electrons. The molecule has 0 aliphatic carbocycles. The fourth-order valence-corrected chi connectivity index (χ4v) is 4.07. The van der Waals surface area contributed by atoms with Gasteiger partial charge in [-0.05, 0) is 25.3 Å². The largest absolute Gasteiger partial charge is 0.371 e. The van der Waals surface area contributed by atoms with Crippen LogP contribution in [0.2, 0.25) is 0 Å². The van der Waals surface area contributed by atoms with Crippen LogP contribution < -0.4 is 0 Å². The molecule has 6 heteroatoms. The lowest BCUT2D eigenvalue weighted by Gasteiger charge is -2.44. The number of morpholine rings is 1. The maximum atomic E-state index is 14.0. The lowest BCUT2D eigenvalue weighted by molar-refractivity contribution is -0.158. The highest BCUT2D eigenvalue weighted by Crippen LogP contribution is 2.28. The minimum atomic E-state index is -0.317. The Balaban J connectivity index is 1.67. The summed E-state index contributed by atoms with van der Waals surface area (Å²) in [7, 11) is 0. The van der Waals surface area contributed by atoms with Crippen molar-refractivity contribution in [1.82, 2.24) is 9.80 Å². The molecule has 3 rings (SSSR count). The summed E-state index contributed by atoms with van der Waals surface area (Å²) in [6.07, 6.45) is 2.64. The third kappa shape index (κ3) is 4.32. The van der Waals surface area contributed by atoms with Crippen LogP contribution >= 0.6 is 0 Å². The third-order valence-corrected chi connectivity index (χ3v) is 6.02. The molecule has 2 aliphatic heterocycles. The van der Waals surface area contributed by atoms with E-state index in [1.165, 1.54) is 6.07 Å². The van der Waals surface area contributed by atoms with E-state index in [1.54, 1.807) is 23.1 Å². The Hall–Kier alpha value is -1.95. The van der Waals surface area contributed by atoms with Gasteiger partial charge in [-0.3, -0.25) is 9.59 Å². The number of hydrogen-bond donors (Lipinski definition) is 0. The molecule has 0 bridgehead atoms. The SMILES string of the molecule is CCC1(CC)CN(C(=O)[C@@H]2CCC(=O)N(Cc3ccccc3F)C2)CCO1. The first-order chi connectivity index (χ1) is 13.0. The van der Waals surface area contributed by atoms with E-state index < -0.39 is 0 Å². The van der Waals surface area contributed by atoms with Gasteiger partial charge in [0.1, 0.15) is 5.82 Å². The Labute approximate surface area is 160 Å². The molecule has 0 aromatic heterocycles. The van der Waals surface area contributed by atoms with Crippen LogP contribution in [0.15, 0.2) is 24.3 Å². The van der Waals surface area contributed by atoms with Crippen molar-refractivity contribution in [3.05, 3.63) is 35.6 Å². The summed E-state index contributed by atoms with van der Waals surface area (Å²) in [5.74, 6) is -0.460. The van der Waals surface area contributed by atoms with Gasteiger partial charge in [0.25, 0.3) is 0 Å². The number of nitrogens with zero attached hydrogens (tertiary/aromatic N) is 2.